The van der Waals surface area contributed by atoms with Crippen molar-refractivity contribution >= 4 is 21.9 Å². The molecule has 0 aliphatic heterocycles. The molecule has 4 nitrogen and oxygen atoms in total. The summed E-state index contributed by atoms with van der Waals surface area (Å²) in [4.78, 5) is 13.7. The number of nitrogens with one attached hydrogen (secondary N) is 1. The molecule has 0 bridgehead atoms. The zero-order chi connectivity index (χ0) is 14.3. The van der Waals surface area contributed by atoms with Crippen molar-refractivity contribution in [2.75, 3.05) is 34.3 Å². The van der Waals surface area contributed by atoms with E-state index >= 15 is 0 Å². The average molecular weight is 329 g/mol. The fourth-order valence-corrected chi connectivity index (χ4v) is 2.32. The van der Waals surface area contributed by atoms with Crippen LogP contribution in [-0.2, 0) is 11.3 Å². The molecule has 0 spiro atoms. The van der Waals surface area contributed by atoms with Gasteiger partial charge in [0, 0.05) is 11.0 Å². The fourth-order valence-electron chi connectivity index (χ4n) is 1.82. The highest BCUT2D eigenvalue weighted by atomic mass is 79.9. The van der Waals surface area contributed by atoms with Gasteiger partial charge in [-0.1, -0.05) is 22.0 Å². The Morgan fingerprint density at radius 3 is 2.79 bits per heavy atom. The molecule has 106 valence electrons. The van der Waals surface area contributed by atoms with Crippen LogP contribution in [0.15, 0.2) is 22.7 Å². The van der Waals surface area contributed by atoms with Crippen molar-refractivity contribution in [1.29, 1.82) is 0 Å². The highest BCUT2D eigenvalue weighted by Gasteiger charge is 2.09. The van der Waals surface area contributed by atoms with Crippen molar-refractivity contribution in [2.45, 2.75) is 13.0 Å². The van der Waals surface area contributed by atoms with Gasteiger partial charge in [-0.3, -0.25) is 0 Å². The highest BCUT2D eigenvalue weighted by molar-refractivity contribution is 9.10. The van der Waals surface area contributed by atoms with Gasteiger partial charge in [0.2, 0.25) is 0 Å². The van der Waals surface area contributed by atoms with Gasteiger partial charge in [-0.05, 0) is 51.3 Å². The van der Waals surface area contributed by atoms with Crippen LogP contribution in [-0.4, -0.2) is 45.2 Å². The standard InChI is InChI=1S/C14H21BrN2O2/c1-16-7-4-8-17(2)10-12-6-5-11(9-13(12)15)14(18)19-3/h5-6,9,16H,4,7-8,10H2,1-3H3. The molecule has 0 aromatic heterocycles. The monoisotopic (exact) mass is 328 g/mol. The molecule has 0 fully saturated rings. The van der Waals surface area contributed by atoms with Gasteiger partial charge in [-0.2, -0.15) is 0 Å². The minimum Gasteiger partial charge on any atom is -0.465 e. The summed E-state index contributed by atoms with van der Waals surface area (Å²) in [5.74, 6) is -0.311. The summed E-state index contributed by atoms with van der Waals surface area (Å²) >= 11 is 3.51. The highest BCUT2D eigenvalue weighted by Crippen LogP contribution is 2.20. The van der Waals surface area contributed by atoms with E-state index in [1.165, 1.54) is 12.7 Å². The Hall–Kier alpha value is -0.910. The van der Waals surface area contributed by atoms with Crippen LogP contribution in [0.1, 0.15) is 22.3 Å². The molecule has 0 amide bonds. The molecular formula is C14H21BrN2O2. The van der Waals surface area contributed by atoms with Crippen LogP contribution in [0.2, 0.25) is 0 Å². The van der Waals surface area contributed by atoms with Crippen LogP contribution >= 0.6 is 15.9 Å². The van der Waals surface area contributed by atoms with Crippen molar-refractivity contribution in [3.63, 3.8) is 0 Å². The second-order valence-corrected chi connectivity index (χ2v) is 5.35. The van der Waals surface area contributed by atoms with Crippen LogP contribution in [0, 0.1) is 0 Å². The van der Waals surface area contributed by atoms with E-state index in [-0.39, 0.29) is 5.97 Å². The SMILES string of the molecule is CNCCCN(C)Cc1ccc(C(=O)OC)cc1Br. The summed E-state index contributed by atoms with van der Waals surface area (Å²) in [6.07, 6.45) is 1.12. The van der Waals surface area contributed by atoms with E-state index in [0.29, 0.717) is 5.56 Å². The molecule has 0 aliphatic carbocycles. The Labute approximate surface area is 123 Å². The van der Waals surface area contributed by atoms with Gasteiger partial charge in [0.25, 0.3) is 0 Å². The van der Waals surface area contributed by atoms with E-state index in [1.807, 2.05) is 19.2 Å². The molecule has 0 unspecified atom stereocenters. The van der Waals surface area contributed by atoms with Crippen LogP contribution in [0.5, 0.6) is 0 Å². The van der Waals surface area contributed by atoms with Crippen LogP contribution < -0.4 is 5.32 Å². The van der Waals surface area contributed by atoms with Crippen LogP contribution in [0.25, 0.3) is 0 Å². The maximum atomic E-state index is 11.4. The molecule has 1 N–H and O–H groups in total. The third-order valence-corrected chi connectivity index (χ3v) is 3.62. The lowest BCUT2D eigenvalue weighted by Crippen LogP contribution is -2.22. The molecule has 1 rings (SSSR count). The zero-order valence-electron chi connectivity index (χ0n) is 11.7. The van der Waals surface area contributed by atoms with Gasteiger partial charge in [-0.25, -0.2) is 4.79 Å². The number of nitrogens with zero attached hydrogens (tertiary/aromatic N) is 1. The number of benzene rings is 1. The molecule has 0 saturated carbocycles. The van der Waals surface area contributed by atoms with Gasteiger partial charge < -0.3 is 15.0 Å². The van der Waals surface area contributed by atoms with Crippen molar-refractivity contribution in [3.8, 4) is 0 Å². The Morgan fingerprint density at radius 2 is 2.21 bits per heavy atom. The fraction of sp³-hybridized carbons (Fsp3) is 0.500. The molecule has 0 heterocycles. The summed E-state index contributed by atoms with van der Waals surface area (Å²) in [6, 6.07) is 5.57. The molecule has 0 radical (unpaired) electrons. The van der Waals surface area contributed by atoms with E-state index in [4.69, 9.17) is 4.74 Å². The summed E-state index contributed by atoms with van der Waals surface area (Å²) < 4.78 is 5.64. The first kappa shape index (κ1) is 16.1. The Morgan fingerprint density at radius 1 is 1.47 bits per heavy atom. The van der Waals surface area contributed by atoms with Gasteiger partial charge >= 0.3 is 5.97 Å². The molecular weight excluding hydrogens is 308 g/mol. The van der Waals surface area contributed by atoms with Gasteiger partial charge in [0.1, 0.15) is 0 Å². The first-order chi connectivity index (χ1) is 9.08. The van der Waals surface area contributed by atoms with Crippen molar-refractivity contribution in [2.24, 2.45) is 0 Å². The van der Waals surface area contributed by atoms with E-state index in [1.54, 1.807) is 6.07 Å². The minimum atomic E-state index is -0.311. The smallest absolute Gasteiger partial charge is 0.337 e. The lowest BCUT2D eigenvalue weighted by atomic mass is 10.1. The Kier molecular flexibility index (Phi) is 7.05. The number of esters is 1. The van der Waals surface area contributed by atoms with E-state index < -0.39 is 0 Å². The van der Waals surface area contributed by atoms with E-state index in [9.17, 15) is 4.79 Å². The number of carbonyl (C=O) groups is 1. The topological polar surface area (TPSA) is 41.6 Å². The van der Waals surface area contributed by atoms with Crippen molar-refractivity contribution < 1.29 is 9.53 Å². The number of hydrogen-bond donors (Lipinski definition) is 1. The minimum absolute atomic E-state index is 0.311. The van der Waals surface area contributed by atoms with Crippen molar-refractivity contribution in [1.82, 2.24) is 10.2 Å². The lowest BCUT2D eigenvalue weighted by molar-refractivity contribution is 0.0600. The van der Waals surface area contributed by atoms with Crippen LogP contribution in [0.4, 0.5) is 0 Å². The molecule has 5 heteroatoms. The number of hydrogen-bond acceptors (Lipinski definition) is 4. The molecule has 0 saturated heterocycles. The summed E-state index contributed by atoms with van der Waals surface area (Å²) in [5.41, 5.74) is 1.73. The number of halogens is 1. The van der Waals surface area contributed by atoms with Crippen LogP contribution in [0.3, 0.4) is 0 Å². The largest absolute Gasteiger partial charge is 0.465 e. The molecule has 1 aromatic carbocycles. The normalized spacial score (nSPS) is 10.8. The first-order valence-corrected chi connectivity index (χ1v) is 7.07. The number of carbonyl (C=O) groups excluding carboxylic acids is 1. The second-order valence-electron chi connectivity index (χ2n) is 4.49. The number of ether oxygens (including phenoxy) is 1. The first-order valence-electron chi connectivity index (χ1n) is 6.28. The Bertz CT molecular complexity index is 424. The summed E-state index contributed by atoms with van der Waals surface area (Å²) in [5, 5.41) is 3.14. The predicted octanol–water partition coefficient (Wildman–Crippen LogP) is 2.28. The molecule has 19 heavy (non-hydrogen) atoms. The number of rotatable bonds is 7. The summed E-state index contributed by atoms with van der Waals surface area (Å²) in [6.45, 7) is 2.91. The van der Waals surface area contributed by atoms with Gasteiger partial charge in [0.15, 0.2) is 0 Å². The van der Waals surface area contributed by atoms with E-state index in [2.05, 4.69) is 33.2 Å². The number of methoxy groups -OCH3 is 1. The maximum absolute atomic E-state index is 11.4. The van der Waals surface area contributed by atoms with E-state index in [0.717, 1.165) is 30.5 Å². The van der Waals surface area contributed by atoms with Crippen molar-refractivity contribution in [3.05, 3.63) is 33.8 Å². The molecule has 0 aliphatic rings. The average Bonchev–Trinajstić information content (AvgIpc) is 2.40. The third-order valence-electron chi connectivity index (χ3n) is 2.88. The third kappa shape index (κ3) is 5.30. The Balaban J connectivity index is 2.61. The van der Waals surface area contributed by atoms with Gasteiger partial charge in [-0.15, -0.1) is 0 Å². The predicted molar refractivity (Wildman–Crippen MR) is 80.4 cm³/mol. The zero-order valence-corrected chi connectivity index (χ0v) is 13.3. The van der Waals surface area contributed by atoms with Gasteiger partial charge in [0.05, 0.1) is 12.7 Å². The lowest BCUT2D eigenvalue weighted by Gasteiger charge is -2.17. The maximum Gasteiger partial charge on any atom is 0.337 e. The second kappa shape index (κ2) is 8.30. The summed E-state index contributed by atoms with van der Waals surface area (Å²) in [7, 11) is 5.44. The quantitative estimate of drug-likeness (QED) is 0.616. The molecule has 1 aromatic rings. The molecule has 0 atom stereocenters.